The van der Waals surface area contributed by atoms with Gasteiger partial charge in [0.25, 0.3) is 5.91 Å². The van der Waals surface area contributed by atoms with Crippen molar-refractivity contribution >= 4 is 17.6 Å². The molecule has 2 aliphatic rings. The summed E-state index contributed by atoms with van der Waals surface area (Å²) in [4.78, 5) is 25.8. The molecule has 7 nitrogen and oxygen atoms in total. The lowest BCUT2D eigenvalue weighted by Crippen LogP contribution is -2.55. The van der Waals surface area contributed by atoms with Gasteiger partial charge in [0.1, 0.15) is 11.9 Å². The van der Waals surface area contributed by atoms with E-state index < -0.39 is 41.8 Å². The van der Waals surface area contributed by atoms with E-state index in [1.807, 2.05) is 0 Å². The maximum atomic E-state index is 14.5. The number of benzene rings is 2. The van der Waals surface area contributed by atoms with Gasteiger partial charge in [0, 0.05) is 13.1 Å². The minimum absolute atomic E-state index is 0.0964. The number of piperidine rings is 1. The van der Waals surface area contributed by atoms with Crippen LogP contribution >= 0.6 is 0 Å². The van der Waals surface area contributed by atoms with Crippen molar-refractivity contribution in [3.05, 3.63) is 71.6 Å². The summed E-state index contributed by atoms with van der Waals surface area (Å²) >= 11 is 0. The van der Waals surface area contributed by atoms with Gasteiger partial charge in [-0.15, -0.1) is 0 Å². The molecular formula is C23H20F5N3O4. The van der Waals surface area contributed by atoms with Crippen LogP contribution in [0.2, 0.25) is 0 Å². The molecule has 35 heavy (non-hydrogen) atoms. The maximum Gasteiger partial charge on any atom is 0.490 e. The minimum atomic E-state index is -5.18. The van der Waals surface area contributed by atoms with Crippen LogP contribution in [-0.4, -0.2) is 43.3 Å². The summed E-state index contributed by atoms with van der Waals surface area (Å²) in [5.74, 6) is -4.89. The Morgan fingerprint density at radius 2 is 1.89 bits per heavy atom. The van der Waals surface area contributed by atoms with Crippen LogP contribution in [0.5, 0.6) is 5.75 Å². The van der Waals surface area contributed by atoms with E-state index >= 15 is 0 Å². The number of rotatable bonds is 5. The molecule has 0 aliphatic carbocycles. The number of halogens is 5. The number of fused-ring (bicyclic) bond motifs is 1. The number of para-hydroxylation sites is 1. The lowest BCUT2D eigenvalue weighted by atomic mass is 10.0. The molecule has 2 aromatic carbocycles. The SMILES string of the molecule is O=C(NC1CCNCC1OC(=O)C(F)(F)F)C1=CN(Cc2ccc(F)cc2)c2cccc(F)c2O1. The van der Waals surface area contributed by atoms with E-state index in [9.17, 15) is 31.5 Å². The van der Waals surface area contributed by atoms with Crippen molar-refractivity contribution in [3.8, 4) is 5.75 Å². The summed E-state index contributed by atoms with van der Waals surface area (Å²) in [6, 6.07) is 8.84. The molecule has 2 unspecified atom stereocenters. The zero-order valence-electron chi connectivity index (χ0n) is 18.1. The van der Waals surface area contributed by atoms with E-state index in [4.69, 9.17) is 4.74 Å². The highest BCUT2D eigenvalue weighted by molar-refractivity contribution is 5.93. The fraction of sp³-hybridized carbons (Fsp3) is 0.304. The summed E-state index contributed by atoms with van der Waals surface area (Å²) in [6.45, 7) is 0.413. The second-order valence-corrected chi connectivity index (χ2v) is 7.95. The van der Waals surface area contributed by atoms with Gasteiger partial charge < -0.3 is 25.0 Å². The molecule has 0 saturated carbocycles. The lowest BCUT2D eigenvalue weighted by Gasteiger charge is -2.33. The number of ether oxygens (including phenoxy) is 2. The third kappa shape index (κ3) is 5.70. The highest BCUT2D eigenvalue weighted by atomic mass is 19.4. The molecule has 4 rings (SSSR count). The van der Waals surface area contributed by atoms with Crippen molar-refractivity contribution in [2.75, 3.05) is 18.0 Å². The van der Waals surface area contributed by atoms with Crippen LogP contribution in [0.1, 0.15) is 12.0 Å². The van der Waals surface area contributed by atoms with Gasteiger partial charge in [0.05, 0.1) is 17.9 Å². The first-order chi connectivity index (χ1) is 16.6. The standard InChI is InChI=1S/C23H20F5N3O4/c24-14-6-4-13(5-7-14)11-31-12-19(34-20-15(25)2-1-3-17(20)31)21(32)30-16-8-9-29-10-18(16)35-22(33)23(26,27)28/h1-7,12,16,18,29H,8-11H2,(H,30,32). The Bertz CT molecular complexity index is 1140. The number of esters is 1. The number of carbonyl (C=O) groups is 2. The number of amides is 1. The van der Waals surface area contributed by atoms with Gasteiger partial charge in [0.15, 0.2) is 11.6 Å². The molecule has 2 heterocycles. The van der Waals surface area contributed by atoms with Crippen molar-refractivity contribution in [2.45, 2.75) is 31.3 Å². The largest absolute Gasteiger partial charge is 0.490 e. The van der Waals surface area contributed by atoms with Crippen molar-refractivity contribution < 1.29 is 41.0 Å². The van der Waals surface area contributed by atoms with Crippen LogP contribution in [0.25, 0.3) is 0 Å². The summed E-state index contributed by atoms with van der Waals surface area (Å²) in [6.07, 6.45) is -4.95. The first-order valence-corrected chi connectivity index (χ1v) is 10.6. The third-order valence-electron chi connectivity index (χ3n) is 5.46. The van der Waals surface area contributed by atoms with Crippen LogP contribution in [-0.2, 0) is 20.9 Å². The zero-order valence-corrected chi connectivity index (χ0v) is 18.1. The Hall–Kier alpha value is -3.67. The van der Waals surface area contributed by atoms with E-state index in [0.717, 1.165) is 6.07 Å². The summed E-state index contributed by atoms with van der Waals surface area (Å²) in [5, 5.41) is 5.33. The Kier molecular flexibility index (Phi) is 6.92. The van der Waals surface area contributed by atoms with Crippen molar-refractivity contribution in [3.63, 3.8) is 0 Å². The Morgan fingerprint density at radius 3 is 2.60 bits per heavy atom. The summed E-state index contributed by atoms with van der Waals surface area (Å²) in [5.41, 5.74) is 0.988. The number of alkyl halides is 3. The fourth-order valence-electron chi connectivity index (χ4n) is 3.76. The normalized spacial score (nSPS) is 19.8. The zero-order chi connectivity index (χ0) is 25.2. The molecule has 12 heteroatoms. The average Bonchev–Trinajstić information content (AvgIpc) is 2.81. The van der Waals surface area contributed by atoms with Crippen molar-refractivity contribution in [2.24, 2.45) is 0 Å². The first kappa shape index (κ1) is 24.5. The Morgan fingerprint density at radius 1 is 1.14 bits per heavy atom. The van der Waals surface area contributed by atoms with Crippen LogP contribution in [0.15, 0.2) is 54.4 Å². The van der Waals surface area contributed by atoms with Crippen molar-refractivity contribution in [1.82, 2.24) is 10.6 Å². The maximum absolute atomic E-state index is 14.5. The molecule has 2 N–H and O–H groups in total. The number of hydrogen-bond acceptors (Lipinski definition) is 6. The number of anilines is 1. The van der Waals surface area contributed by atoms with E-state index in [0.29, 0.717) is 17.8 Å². The summed E-state index contributed by atoms with van der Waals surface area (Å²) < 4.78 is 75.7. The monoisotopic (exact) mass is 497 g/mol. The van der Waals surface area contributed by atoms with Gasteiger partial charge in [-0.1, -0.05) is 18.2 Å². The van der Waals surface area contributed by atoms with Gasteiger partial charge in [-0.2, -0.15) is 13.2 Å². The molecule has 1 fully saturated rings. The molecule has 186 valence electrons. The van der Waals surface area contributed by atoms with Crippen LogP contribution in [0.4, 0.5) is 27.6 Å². The number of nitrogens with one attached hydrogen (secondary N) is 2. The molecule has 2 atom stereocenters. The Balaban J connectivity index is 1.54. The number of nitrogens with zero attached hydrogens (tertiary/aromatic N) is 1. The first-order valence-electron chi connectivity index (χ1n) is 10.6. The third-order valence-corrected chi connectivity index (χ3v) is 5.46. The van der Waals surface area contributed by atoms with Gasteiger partial charge in [-0.25, -0.2) is 13.6 Å². The molecular weight excluding hydrogens is 477 g/mol. The van der Waals surface area contributed by atoms with E-state index in [1.165, 1.54) is 41.4 Å². The van der Waals surface area contributed by atoms with Gasteiger partial charge in [-0.05, 0) is 42.8 Å². The van der Waals surface area contributed by atoms with Crippen LogP contribution in [0.3, 0.4) is 0 Å². The molecule has 0 bridgehead atoms. The van der Waals surface area contributed by atoms with E-state index in [1.54, 1.807) is 6.07 Å². The number of hydrogen-bond donors (Lipinski definition) is 2. The van der Waals surface area contributed by atoms with Gasteiger partial charge >= 0.3 is 12.1 Å². The average molecular weight is 497 g/mol. The highest BCUT2D eigenvalue weighted by Gasteiger charge is 2.44. The molecule has 2 aliphatic heterocycles. The predicted molar refractivity (Wildman–Crippen MR) is 113 cm³/mol. The van der Waals surface area contributed by atoms with Crippen LogP contribution < -0.4 is 20.3 Å². The summed E-state index contributed by atoms with van der Waals surface area (Å²) in [7, 11) is 0. The lowest BCUT2D eigenvalue weighted by molar-refractivity contribution is -0.206. The van der Waals surface area contributed by atoms with Gasteiger partial charge in [-0.3, -0.25) is 4.79 Å². The van der Waals surface area contributed by atoms with Gasteiger partial charge in [0.2, 0.25) is 5.76 Å². The quantitative estimate of drug-likeness (QED) is 0.488. The molecule has 0 aromatic heterocycles. The Labute approximate surface area is 196 Å². The van der Waals surface area contributed by atoms with Crippen LogP contribution in [0, 0.1) is 11.6 Å². The van der Waals surface area contributed by atoms with E-state index in [-0.39, 0.29) is 31.0 Å². The smallest absolute Gasteiger partial charge is 0.452 e. The second kappa shape index (κ2) is 9.90. The molecule has 0 spiro atoms. The molecule has 1 saturated heterocycles. The second-order valence-electron chi connectivity index (χ2n) is 7.95. The number of carbonyl (C=O) groups excluding carboxylic acids is 2. The minimum Gasteiger partial charge on any atom is -0.452 e. The van der Waals surface area contributed by atoms with Crippen molar-refractivity contribution in [1.29, 1.82) is 0 Å². The predicted octanol–water partition coefficient (Wildman–Crippen LogP) is 3.16. The molecule has 1 amide bonds. The molecule has 0 radical (unpaired) electrons. The van der Waals surface area contributed by atoms with E-state index in [2.05, 4.69) is 15.4 Å². The highest BCUT2D eigenvalue weighted by Crippen LogP contribution is 2.37. The fourth-order valence-corrected chi connectivity index (χ4v) is 3.76. The molecule has 2 aromatic rings. The topological polar surface area (TPSA) is 79.9 Å².